The Morgan fingerprint density at radius 2 is 2.14 bits per heavy atom. The van der Waals surface area contributed by atoms with E-state index < -0.39 is 0 Å². The van der Waals surface area contributed by atoms with Gasteiger partial charge in [0.2, 0.25) is 5.91 Å². The quantitative estimate of drug-likeness (QED) is 0.835. The van der Waals surface area contributed by atoms with Crippen molar-refractivity contribution >= 4 is 5.91 Å². The first-order chi connectivity index (χ1) is 10.0. The molecule has 1 atom stereocenters. The summed E-state index contributed by atoms with van der Waals surface area (Å²) >= 11 is 0. The zero-order valence-electron chi connectivity index (χ0n) is 13.3. The zero-order valence-corrected chi connectivity index (χ0v) is 13.3. The number of pyridine rings is 1. The average Bonchev–Trinajstić information content (AvgIpc) is 2.91. The number of nitrogens with zero attached hydrogens (tertiary/aromatic N) is 3. The lowest BCUT2D eigenvalue weighted by Gasteiger charge is -2.30. The van der Waals surface area contributed by atoms with E-state index >= 15 is 0 Å². The number of carbonyl (C=O) groups excluding carboxylic acids is 1. The molecule has 4 heteroatoms. The average molecular weight is 287 g/mol. The molecule has 0 aliphatic carbocycles. The fourth-order valence-electron chi connectivity index (χ4n) is 3.34. The van der Waals surface area contributed by atoms with Crippen LogP contribution in [0.2, 0.25) is 0 Å². The lowest BCUT2D eigenvalue weighted by Crippen LogP contribution is -2.40. The van der Waals surface area contributed by atoms with E-state index in [0.717, 1.165) is 44.7 Å². The molecule has 4 nitrogen and oxygen atoms in total. The molecule has 0 spiro atoms. The second-order valence-electron chi connectivity index (χ2n) is 6.75. The van der Waals surface area contributed by atoms with Crippen molar-refractivity contribution in [1.29, 1.82) is 0 Å². The van der Waals surface area contributed by atoms with Crippen LogP contribution in [0.3, 0.4) is 0 Å². The molecule has 2 aliphatic rings. The molecule has 1 amide bonds. The first kappa shape index (κ1) is 14.5. The van der Waals surface area contributed by atoms with E-state index in [2.05, 4.69) is 37.9 Å². The highest BCUT2D eigenvalue weighted by molar-refractivity contribution is 5.79. The van der Waals surface area contributed by atoms with Crippen molar-refractivity contribution in [2.75, 3.05) is 26.7 Å². The summed E-state index contributed by atoms with van der Waals surface area (Å²) in [7, 11) is 2.09. The summed E-state index contributed by atoms with van der Waals surface area (Å²) in [6.45, 7) is 7.85. The molecule has 2 aliphatic heterocycles. The van der Waals surface area contributed by atoms with Crippen LogP contribution in [0.5, 0.6) is 0 Å². The van der Waals surface area contributed by atoms with Gasteiger partial charge in [-0.3, -0.25) is 9.78 Å². The van der Waals surface area contributed by atoms with Crippen LogP contribution in [0.4, 0.5) is 0 Å². The summed E-state index contributed by atoms with van der Waals surface area (Å²) in [5, 5.41) is 0. The minimum Gasteiger partial charge on any atom is -0.338 e. The second kappa shape index (κ2) is 5.76. The minimum atomic E-state index is 0.194. The van der Waals surface area contributed by atoms with Crippen molar-refractivity contribution in [3.63, 3.8) is 0 Å². The van der Waals surface area contributed by atoms with Crippen LogP contribution in [0.25, 0.3) is 0 Å². The highest BCUT2D eigenvalue weighted by Gasteiger charge is 2.31. The highest BCUT2D eigenvalue weighted by Crippen LogP contribution is 2.24. The van der Waals surface area contributed by atoms with Crippen LogP contribution < -0.4 is 0 Å². The normalized spacial score (nSPS) is 22.7. The van der Waals surface area contributed by atoms with E-state index in [1.54, 1.807) is 0 Å². The predicted octanol–water partition coefficient (Wildman–Crippen LogP) is 2.04. The van der Waals surface area contributed by atoms with Gasteiger partial charge < -0.3 is 9.80 Å². The summed E-state index contributed by atoms with van der Waals surface area (Å²) in [6, 6.07) is 4.28. The Labute approximate surface area is 127 Å². The third-order valence-electron chi connectivity index (χ3n) is 4.71. The summed E-state index contributed by atoms with van der Waals surface area (Å²) in [6.07, 6.45) is 1.90. The summed E-state index contributed by atoms with van der Waals surface area (Å²) in [5.41, 5.74) is 3.57. The molecule has 1 saturated heterocycles. The van der Waals surface area contributed by atoms with Crippen molar-refractivity contribution in [1.82, 2.24) is 14.8 Å². The summed E-state index contributed by atoms with van der Waals surface area (Å²) in [5.74, 6) is 0.987. The first-order valence-electron chi connectivity index (χ1n) is 8.00. The van der Waals surface area contributed by atoms with E-state index in [4.69, 9.17) is 4.98 Å². The molecule has 0 unspecified atom stereocenters. The number of hydrogen-bond donors (Lipinski definition) is 0. The maximum Gasteiger partial charge on any atom is 0.227 e. The molecule has 1 fully saturated rings. The second-order valence-corrected chi connectivity index (χ2v) is 6.75. The van der Waals surface area contributed by atoms with Gasteiger partial charge in [0.1, 0.15) is 0 Å². The zero-order chi connectivity index (χ0) is 15.0. The lowest BCUT2D eigenvalue weighted by atomic mass is 10.00. The Bertz CT molecular complexity index is 541. The lowest BCUT2D eigenvalue weighted by molar-refractivity contribution is -0.136. The fraction of sp³-hybridized carbons (Fsp3) is 0.647. The molecule has 3 heterocycles. The maximum atomic E-state index is 12.6. The third kappa shape index (κ3) is 2.95. The van der Waals surface area contributed by atoms with Crippen LogP contribution in [-0.4, -0.2) is 47.4 Å². The molecule has 0 saturated carbocycles. The van der Waals surface area contributed by atoms with Crippen molar-refractivity contribution in [2.45, 2.75) is 39.2 Å². The number of carbonyl (C=O) groups is 1. The predicted molar refractivity (Wildman–Crippen MR) is 83.1 cm³/mol. The molecule has 0 aromatic carbocycles. The highest BCUT2D eigenvalue weighted by atomic mass is 16.2. The summed E-state index contributed by atoms with van der Waals surface area (Å²) < 4.78 is 0. The largest absolute Gasteiger partial charge is 0.338 e. The Morgan fingerprint density at radius 1 is 1.33 bits per heavy atom. The third-order valence-corrected chi connectivity index (χ3v) is 4.71. The number of hydrogen-bond acceptors (Lipinski definition) is 3. The number of likely N-dealkylation sites (tertiary alicyclic amines) is 1. The van der Waals surface area contributed by atoms with Crippen LogP contribution in [-0.2, 0) is 17.8 Å². The van der Waals surface area contributed by atoms with Crippen molar-refractivity contribution in [3.8, 4) is 0 Å². The Hall–Kier alpha value is -1.42. The number of fused-ring (bicyclic) bond motifs is 1. The van der Waals surface area contributed by atoms with Gasteiger partial charge in [-0.2, -0.15) is 0 Å². The van der Waals surface area contributed by atoms with Gasteiger partial charge in [-0.25, -0.2) is 0 Å². The van der Waals surface area contributed by atoms with Crippen LogP contribution in [0, 0.1) is 5.92 Å². The van der Waals surface area contributed by atoms with Crippen molar-refractivity contribution in [3.05, 3.63) is 29.1 Å². The molecule has 0 radical (unpaired) electrons. The van der Waals surface area contributed by atoms with E-state index in [0.29, 0.717) is 11.8 Å². The standard InChI is InChI=1S/C17H25N3O/c1-12(2)15-5-4-13-11-20(9-7-16(13)18-15)17(21)14-6-8-19(3)10-14/h4-5,12,14H,6-11H2,1-3H3/t14-/m1/s1. The first-order valence-corrected chi connectivity index (χ1v) is 8.00. The van der Waals surface area contributed by atoms with Gasteiger partial charge in [0.25, 0.3) is 0 Å². The van der Waals surface area contributed by atoms with Gasteiger partial charge in [0, 0.05) is 37.4 Å². The monoisotopic (exact) mass is 287 g/mol. The number of rotatable bonds is 2. The van der Waals surface area contributed by atoms with Gasteiger partial charge in [0.15, 0.2) is 0 Å². The topological polar surface area (TPSA) is 36.4 Å². The molecular weight excluding hydrogens is 262 g/mol. The van der Waals surface area contributed by atoms with E-state index in [1.165, 1.54) is 11.3 Å². The van der Waals surface area contributed by atoms with Gasteiger partial charge >= 0.3 is 0 Å². The molecule has 0 bridgehead atoms. The molecule has 21 heavy (non-hydrogen) atoms. The van der Waals surface area contributed by atoms with Crippen LogP contribution in [0.15, 0.2) is 12.1 Å². The molecule has 1 aromatic rings. The van der Waals surface area contributed by atoms with E-state index in [-0.39, 0.29) is 5.92 Å². The minimum absolute atomic E-state index is 0.194. The molecule has 1 aromatic heterocycles. The molecule has 114 valence electrons. The van der Waals surface area contributed by atoms with Gasteiger partial charge in [0.05, 0.1) is 5.92 Å². The van der Waals surface area contributed by atoms with E-state index in [9.17, 15) is 4.79 Å². The van der Waals surface area contributed by atoms with Gasteiger partial charge in [-0.1, -0.05) is 19.9 Å². The van der Waals surface area contributed by atoms with Crippen LogP contribution >= 0.6 is 0 Å². The molecule has 3 rings (SSSR count). The van der Waals surface area contributed by atoms with Crippen molar-refractivity contribution in [2.24, 2.45) is 5.92 Å². The van der Waals surface area contributed by atoms with Gasteiger partial charge in [-0.15, -0.1) is 0 Å². The molecular formula is C17H25N3O. The van der Waals surface area contributed by atoms with Crippen molar-refractivity contribution < 1.29 is 4.79 Å². The smallest absolute Gasteiger partial charge is 0.227 e. The summed E-state index contributed by atoms with van der Waals surface area (Å²) in [4.78, 5) is 21.7. The number of amides is 1. The fourth-order valence-corrected chi connectivity index (χ4v) is 3.34. The number of aromatic nitrogens is 1. The Kier molecular flexibility index (Phi) is 3.98. The van der Waals surface area contributed by atoms with E-state index in [1.807, 2.05) is 4.90 Å². The Balaban J connectivity index is 1.71. The SMILES string of the molecule is CC(C)c1ccc2c(n1)CCN(C(=O)[C@@H]1CCN(C)C1)C2. The van der Waals surface area contributed by atoms with Gasteiger partial charge in [-0.05, 0) is 37.6 Å². The Morgan fingerprint density at radius 3 is 2.81 bits per heavy atom. The molecule has 0 N–H and O–H groups in total. The van der Waals surface area contributed by atoms with Crippen LogP contribution in [0.1, 0.15) is 43.1 Å². The maximum absolute atomic E-state index is 12.6.